The lowest BCUT2D eigenvalue weighted by atomic mass is 10.2. The number of nitrogens with zero attached hydrogens (tertiary/aromatic N) is 3. The summed E-state index contributed by atoms with van der Waals surface area (Å²) in [6, 6.07) is 10.8. The first-order valence-electron chi connectivity index (χ1n) is 9.89. The van der Waals surface area contributed by atoms with E-state index in [9.17, 15) is 18.0 Å². The fraction of sp³-hybridized carbons (Fsp3) is 0.286. The van der Waals surface area contributed by atoms with Crippen LogP contribution in [0.15, 0.2) is 58.5 Å². The molecule has 0 atom stereocenters. The van der Waals surface area contributed by atoms with E-state index in [0.29, 0.717) is 34.7 Å². The van der Waals surface area contributed by atoms with Crippen molar-refractivity contribution in [3.8, 4) is 0 Å². The molecule has 31 heavy (non-hydrogen) atoms. The van der Waals surface area contributed by atoms with Gasteiger partial charge in [0.1, 0.15) is 6.54 Å². The molecule has 0 aliphatic carbocycles. The molecule has 162 valence electrons. The number of sulfonamides is 1. The van der Waals surface area contributed by atoms with Gasteiger partial charge in [0.05, 0.1) is 22.1 Å². The number of hydrogen-bond acceptors (Lipinski definition) is 5. The van der Waals surface area contributed by atoms with Crippen molar-refractivity contribution in [2.45, 2.75) is 30.7 Å². The van der Waals surface area contributed by atoms with Crippen LogP contribution < -0.4 is 10.9 Å². The third-order valence-electron chi connectivity index (χ3n) is 5.19. The number of hydrogen-bond donors (Lipinski definition) is 1. The summed E-state index contributed by atoms with van der Waals surface area (Å²) in [4.78, 5) is 29.4. The van der Waals surface area contributed by atoms with Crippen molar-refractivity contribution in [3.05, 3.63) is 64.2 Å². The van der Waals surface area contributed by atoms with Gasteiger partial charge in [-0.05, 0) is 55.3 Å². The van der Waals surface area contributed by atoms with Crippen molar-refractivity contribution in [2.75, 3.05) is 18.4 Å². The van der Waals surface area contributed by atoms with Crippen LogP contribution in [0.1, 0.15) is 19.3 Å². The van der Waals surface area contributed by atoms with Gasteiger partial charge in [0.2, 0.25) is 15.9 Å². The molecule has 1 fully saturated rings. The summed E-state index contributed by atoms with van der Waals surface area (Å²) < 4.78 is 28.1. The number of carbonyl (C=O) groups excluding carboxylic acids is 1. The van der Waals surface area contributed by atoms with Crippen molar-refractivity contribution in [2.24, 2.45) is 0 Å². The average Bonchev–Trinajstić information content (AvgIpc) is 2.77. The van der Waals surface area contributed by atoms with E-state index in [1.807, 2.05) is 0 Å². The smallest absolute Gasteiger partial charge is 0.261 e. The SMILES string of the molecule is O=C(Cn1cnc2ccc(Cl)cc2c1=O)Nc1ccc(S(=O)(=O)N2CCCCC2)cc1. The molecular formula is C21H21ClN4O4S. The third-order valence-corrected chi connectivity index (χ3v) is 7.34. The largest absolute Gasteiger partial charge is 0.325 e. The maximum Gasteiger partial charge on any atom is 0.261 e. The van der Waals surface area contributed by atoms with E-state index in [1.165, 1.54) is 45.5 Å². The lowest BCUT2D eigenvalue weighted by Crippen LogP contribution is -2.35. The van der Waals surface area contributed by atoms with Gasteiger partial charge in [0.15, 0.2) is 0 Å². The van der Waals surface area contributed by atoms with Gasteiger partial charge in [0.25, 0.3) is 5.56 Å². The van der Waals surface area contributed by atoms with Crippen molar-refractivity contribution >= 4 is 44.1 Å². The van der Waals surface area contributed by atoms with Gasteiger partial charge < -0.3 is 5.32 Å². The summed E-state index contributed by atoms with van der Waals surface area (Å²) in [6.07, 6.45) is 4.08. The number of nitrogens with one attached hydrogen (secondary N) is 1. The Bertz CT molecular complexity index is 1280. The van der Waals surface area contributed by atoms with Crippen molar-refractivity contribution < 1.29 is 13.2 Å². The van der Waals surface area contributed by atoms with E-state index in [2.05, 4.69) is 10.3 Å². The zero-order valence-corrected chi connectivity index (χ0v) is 18.2. The Morgan fingerprint density at radius 3 is 2.48 bits per heavy atom. The monoisotopic (exact) mass is 460 g/mol. The molecule has 1 aliphatic heterocycles. The number of carbonyl (C=O) groups is 1. The van der Waals surface area contributed by atoms with Gasteiger partial charge in [-0.15, -0.1) is 0 Å². The first-order chi connectivity index (χ1) is 14.8. The molecule has 2 aromatic carbocycles. The molecule has 0 radical (unpaired) electrons. The summed E-state index contributed by atoms with van der Waals surface area (Å²) in [5.41, 5.74) is 0.564. The molecule has 1 aromatic heterocycles. The molecule has 10 heteroatoms. The highest BCUT2D eigenvalue weighted by atomic mass is 35.5. The van der Waals surface area contributed by atoms with Crippen LogP contribution in [-0.2, 0) is 21.4 Å². The molecule has 1 amide bonds. The second-order valence-electron chi connectivity index (χ2n) is 7.38. The standard InChI is InChI=1S/C21H21ClN4O4S/c22-15-4-9-19-18(12-15)21(28)25(14-23-19)13-20(27)24-16-5-7-17(8-6-16)31(29,30)26-10-2-1-3-11-26/h4-9,12,14H,1-3,10-11,13H2,(H,24,27). The van der Waals surface area contributed by atoms with Gasteiger partial charge >= 0.3 is 0 Å². The number of aromatic nitrogens is 2. The van der Waals surface area contributed by atoms with Gasteiger partial charge in [-0.3, -0.25) is 14.2 Å². The van der Waals surface area contributed by atoms with Gasteiger partial charge in [-0.2, -0.15) is 4.31 Å². The van der Waals surface area contributed by atoms with Crippen LogP contribution in [0, 0.1) is 0 Å². The van der Waals surface area contributed by atoms with Gasteiger partial charge in [0, 0.05) is 23.8 Å². The summed E-state index contributed by atoms with van der Waals surface area (Å²) in [6.45, 7) is 0.823. The van der Waals surface area contributed by atoms with Crippen LogP contribution in [0.2, 0.25) is 5.02 Å². The van der Waals surface area contributed by atoms with Crippen molar-refractivity contribution in [1.29, 1.82) is 0 Å². The van der Waals surface area contributed by atoms with Crippen LogP contribution in [0.3, 0.4) is 0 Å². The predicted molar refractivity (Wildman–Crippen MR) is 119 cm³/mol. The molecule has 3 aromatic rings. The van der Waals surface area contributed by atoms with Crippen molar-refractivity contribution in [3.63, 3.8) is 0 Å². The highest BCUT2D eigenvalue weighted by Crippen LogP contribution is 2.22. The molecule has 2 heterocycles. The minimum atomic E-state index is -3.53. The quantitative estimate of drug-likeness (QED) is 0.630. The molecule has 0 spiro atoms. The number of anilines is 1. The van der Waals surface area contributed by atoms with E-state index in [-0.39, 0.29) is 17.0 Å². The van der Waals surface area contributed by atoms with Crippen LogP contribution in [0.4, 0.5) is 5.69 Å². The Morgan fingerprint density at radius 1 is 1.06 bits per heavy atom. The summed E-state index contributed by atoms with van der Waals surface area (Å²) in [7, 11) is -3.53. The Balaban J connectivity index is 1.46. The number of fused-ring (bicyclic) bond motifs is 1. The maximum absolute atomic E-state index is 12.7. The molecule has 0 saturated carbocycles. The highest BCUT2D eigenvalue weighted by Gasteiger charge is 2.25. The highest BCUT2D eigenvalue weighted by molar-refractivity contribution is 7.89. The van der Waals surface area contributed by atoms with Gasteiger partial charge in [-0.1, -0.05) is 18.0 Å². The molecule has 1 saturated heterocycles. The topological polar surface area (TPSA) is 101 Å². The first kappa shape index (κ1) is 21.5. The Kier molecular flexibility index (Phi) is 6.08. The zero-order valence-electron chi connectivity index (χ0n) is 16.6. The van der Waals surface area contributed by atoms with E-state index in [0.717, 1.165) is 19.3 Å². The minimum absolute atomic E-state index is 0.194. The predicted octanol–water partition coefficient (Wildman–Crippen LogP) is 2.86. The average molecular weight is 461 g/mol. The van der Waals surface area contributed by atoms with Crippen LogP contribution >= 0.6 is 11.6 Å². The van der Waals surface area contributed by atoms with Gasteiger partial charge in [-0.25, -0.2) is 13.4 Å². The molecule has 0 unspecified atom stereocenters. The lowest BCUT2D eigenvalue weighted by Gasteiger charge is -2.25. The minimum Gasteiger partial charge on any atom is -0.325 e. The van der Waals surface area contributed by atoms with E-state index < -0.39 is 15.9 Å². The van der Waals surface area contributed by atoms with Crippen molar-refractivity contribution in [1.82, 2.24) is 13.9 Å². The molecule has 0 bridgehead atoms. The molecular weight excluding hydrogens is 440 g/mol. The Labute approximate surface area is 184 Å². The zero-order chi connectivity index (χ0) is 22.0. The Hall–Kier alpha value is -2.75. The summed E-state index contributed by atoms with van der Waals surface area (Å²) in [5, 5.41) is 3.41. The second-order valence-corrected chi connectivity index (χ2v) is 9.75. The van der Waals surface area contributed by atoms with Crippen LogP contribution in [0.25, 0.3) is 10.9 Å². The fourth-order valence-electron chi connectivity index (χ4n) is 3.56. The maximum atomic E-state index is 12.7. The third kappa shape index (κ3) is 4.63. The number of amides is 1. The summed E-state index contributed by atoms with van der Waals surface area (Å²) in [5.74, 6) is -0.433. The molecule has 1 N–H and O–H groups in total. The van der Waals surface area contributed by atoms with Crippen LogP contribution in [-0.4, -0.2) is 41.3 Å². The molecule has 8 nitrogen and oxygen atoms in total. The number of halogens is 1. The first-order valence-corrected chi connectivity index (χ1v) is 11.7. The normalized spacial score (nSPS) is 15.1. The van der Waals surface area contributed by atoms with E-state index in [4.69, 9.17) is 11.6 Å². The lowest BCUT2D eigenvalue weighted by molar-refractivity contribution is -0.116. The second kappa shape index (κ2) is 8.78. The number of piperidine rings is 1. The van der Waals surface area contributed by atoms with E-state index in [1.54, 1.807) is 12.1 Å². The van der Waals surface area contributed by atoms with E-state index >= 15 is 0 Å². The molecule has 4 rings (SSSR count). The fourth-order valence-corrected chi connectivity index (χ4v) is 5.25. The summed E-state index contributed by atoms with van der Waals surface area (Å²) >= 11 is 5.95. The Morgan fingerprint density at radius 2 is 1.77 bits per heavy atom. The molecule has 1 aliphatic rings. The number of rotatable bonds is 5. The number of benzene rings is 2. The van der Waals surface area contributed by atoms with Crippen LogP contribution in [0.5, 0.6) is 0 Å².